The van der Waals surface area contributed by atoms with Gasteiger partial charge in [0.2, 0.25) is 0 Å². The van der Waals surface area contributed by atoms with E-state index in [9.17, 15) is 13.2 Å². The van der Waals surface area contributed by atoms with E-state index in [1.807, 2.05) is 0 Å². The van der Waals surface area contributed by atoms with Gasteiger partial charge < -0.3 is 9.73 Å². The Balaban J connectivity index is 1.91. The highest BCUT2D eigenvalue weighted by atomic mass is 32.1. The van der Waals surface area contributed by atoms with E-state index < -0.39 is 11.7 Å². The van der Waals surface area contributed by atoms with Crippen molar-refractivity contribution in [1.29, 1.82) is 0 Å². The fourth-order valence-corrected chi connectivity index (χ4v) is 1.77. The molecule has 0 unspecified atom stereocenters. The second-order valence-corrected chi connectivity index (χ2v) is 4.63. The Morgan fingerprint density at radius 3 is 2.68 bits per heavy atom. The number of furan rings is 1. The van der Waals surface area contributed by atoms with Gasteiger partial charge in [-0.1, -0.05) is 18.2 Å². The zero-order chi connectivity index (χ0) is 16.0. The molecule has 8 heteroatoms. The van der Waals surface area contributed by atoms with Crippen molar-refractivity contribution in [3.05, 3.63) is 59.5 Å². The van der Waals surface area contributed by atoms with Gasteiger partial charge in [0.25, 0.3) is 0 Å². The average molecular weight is 327 g/mol. The van der Waals surface area contributed by atoms with Gasteiger partial charge in [0.1, 0.15) is 5.76 Å². The lowest BCUT2D eigenvalue weighted by molar-refractivity contribution is -0.137. The molecule has 0 atom stereocenters. The number of alkyl halides is 3. The summed E-state index contributed by atoms with van der Waals surface area (Å²) < 4.78 is 43.4. The number of hydrazone groups is 1. The first-order chi connectivity index (χ1) is 10.5. The van der Waals surface area contributed by atoms with Crippen LogP contribution in [0.25, 0.3) is 0 Å². The largest absolute Gasteiger partial charge is 0.467 e. The van der Waals surface area contributed by atoms with E-state index in [0.29, 0.717) is 12.3 Å². The standard InChI is InChI=1S/C14H12F3N3OS/c15-14(16,17)12-6-2-1-4-10(12)8-19-20-13(22)18-9-11-5-3-7-21-11/h1-8H,9H2,(H2,18,20,22)/b19-8+. The van der Waals surface area contributed by atoms with Crippen LogP contribution in [0.15, 0.2) is 52.2 Å². The number of benzene rings is 1. The van der Waals surface area contributed by atoms with Gasteiger partial charge in [-0.2, -0.15) is 18.3 Å². The van der Waals surface area contributed by atoms with Gasteiger partial charge in [0.05, 0.1) is 24.6 Å². The van der Waals surface area contributed by atoms with E-state index in [4.69, 9.17) is 16.6 Å². The summed E-state index contributed by atoms with van der Waals surface area (Å²) in [4.78, 5) is 0. The molecule has 4 nitrogen and oxygen atoms in total. The Morgan fingerprint density at radius 2 is 2.00 bits per heavy atom. The summed E-state index contributed by atoms with van der Waals surface area (Å²) in [5, 5.41) is 6.69. The van der Waals surface area contributed by atoms with Gasteiger partial charge in [0, 0.05) is 5.56 Å². The van der Waals surface area contributed by atoms with Crippen molar-refractivity contribution < 1.29 is 17.6 Å². The summed E-state index contributed by atoms with van der Waals surface area (Å²) in [6.45, 7) is 0.355. The second kappa shape index (κ2) is 7.08. The molecule has 0 bridgehead atoms. The summed E-state index contributed by atoms with van der Waals surface area (Å²) >= 11 is 4.95. The normalized spacial score (nSPS) is 11.6. The predicted molar refractivity (Wildman–Crippen MR) is 80.3 cm³/mol. The first-order valence-electron chi connectivity index (χ1n) is 6.22. The average Bonchev–Trinajstić information content (AvgIpc) is 2.98. The van der Waals surface area contributed by atoms with Crippen LogP contribution in [-0.4, -0.2) is 11.3 Å². The van der Waals surface area contributed by atoms with E-state index in [1.165, 1.54) is 24.5 Å². The number of rotatable bonds is 4. The number of nitrogens with zero attached hydrogens (tertiary/aromatic N) is 1. The van der Waals surface area contributed by atoms with E-state index in [-0.39, 0.29) is 10.7 Å². The Bertz CT molecular complexity index is 654. The van der Waals surface area contributed by atoms with Crippen molar-refractivity contribution in [2.75, 3.05) is 0 Å². The lowest BCUT2D eigenvalue weighted by Gasteiger charge is -2.09. The van der Waals surface area contributed by atoms with E-state index in [1.54, 1.807) is 12.1 Å². The molecule has 1 heterocycles. The third-order valence-corrected chi connectivity index (χ3v) is 2.87. The van der Waals surface area contributed by atoms with Gasteiger partial charge >= 0.3 is 6.18 Å². The number of hydrogen-bond donors (Lipinski definition) is 2. The molecule has 2 N–H and O–H groups in total. The van der Waals surface area contributed by atoms with Gasteiger partial charge in [-0.05, 0) is 30.4 Å². The quantitative estimate of drug-likeness (QED) is 0.514. The highest BCUT2D eigenvalue weighted by Crippen LogP contribution is 2.30. The number of halogens is 3. The molecule has 1 aromatic carbocycles. The van der Waals surface area contributed by atoms with Crippen LogP contribution in [0.4, 0.5) is 13.2 Å². The third kappa shape index (κ3) is 4.59. The van der Waals surface area contributed by atoms with Gasteiger partial charge in [0.15, 0.2) is 5.11 Å². The minimum atomic E-state index is -4.43. The van der Waals surface area contributed by atoms with E-state index in [2.05, 4.69) is 15.8 Å². The van der Waals surface area contributed by atoms with Crippen molar-refractivity contribution in [3.8, 4) is 0 Å². The van der Waals surface area contributed by atoms with Gasteiger partial charge in [-0.25, -0.2) is 0 Å². The molecule has 2 rings (SSSR count). The molecule has 0 aliphatic rings. The van der Waals surface area contributed by atoms with Crippen LogP contribution in [-0.2, 0) is 12.7 Å². The number of thiocarbonyl (C=S) groups is 1. The van der Waals surface area contributed by atoms with Gasteiger partial charge in [-0.3, -0.25) is 5.43 Å². The Morgan fingerprint density at radius 1 is 1.23 bits per heavy atom. The molecule has 0 saturated heterocycles. The monoisotopic (exact) mass is 327 g/mol. The van der Waals surface area contributed by atoms with Crippen LogP contribution in [0.1, 0.15) is 16.9 Å². The molecule has 0 saturated carbocycles. The molecule has 0 aliphatic heterocycles. The highest BCUT2D eigenvalue weighted by molar-refractivity contribution is 7.80. The zero-order valence-corrected chi connectivity index (χ0v) is 12.0. The van der Waals surface area contributed by atoms with Crippen molar-refractivity contribution in [2.24, 2.45) is 5.10 Å². The Kier molecular flexibility index (Phi) is 5.16. The lowest BCUT2D eigenvalue weighted by atomic mass is 10.1. The molecule has 0 radical (unpaired) electrons. The Hall–Kier alpha value is -2.35. The minimum Gasteiger partial charge on any atom is -0.467 e. The maximum atomic E-state index is 12.8. The van der Waals surface area contributed by atoms with Crippen molar-refractivity contribution in [2.45, 2.75) is 12.7 Å². The Labute approximate surface area is 130 Å². The number of hydrogen-bond acceptors (Lipinski definition) is 3. The van der Waals surface area contributed by atoms with Crippen LogP contribution in [0.2, 0.25) is 0 Å². The summed E-state index contributed by atoms with van der Waals surface area (Å²) in [7, 11) is 0. The van der Waals surface area contributed by atoms with Crippen LogP contribution in [0, 0.1) is 0 Å². The second-order valence-electron chi connectivity index (χ2n) is 4.22. The summed E-state index contributed by atoms with van der Waals surface area (Å²) in [6, 6.07) is 8.65. The van der Waals surface area contributed by atoms with Crippen LogP contribution in [0.3, 0.4) is 0 Å². The lowest BCUT2D eigenvalue weighted by Crippen LogP contribution is -2.31. The van der Waals surface area contributed by atoms with Crippen LogP contribution >= 0.6 is 12.2 Å². The molecule has 2 aromatic rings. The SMILES string of the molecule is FC(F)(F)c1ccccc1/C=N/NC(=S)NCc1ccco1. The maximum absolute atomic E-state index is 12.8. The molecule has 0 amide bonds. The fraction of sp³-hybridized carbons (Fsp3) is 0.143. The first kappa shape index (κ1) is 16.0. The number of nitrogens with one attached hydrogen (secondary N) is 2. The molecule has 22 heavy (non-hydrogen) atoms. The molecule has 1 aromatic heterocycles. The smallest absolute Gasteiger partial charge is 0.417 e. The summed E-state index contributed by atoms with van der Waals surface area (Å²) in [5.41, 5.74) is 1.65. The van der Waals surface area contributed by atoms with Crippen molar-refractivity contribution in [3.63, 3.8) is 0 Å². The molecule has 0 spiro atoms. The molecule has 0 fully saturated rings. The van der Waals surface area contributed by atoms with E-state index in [0.717, 1.165) is 12.3 Å². The predicted octanol–water partition coefficient (Wildman–Crippen LogP) is 3.30. The molecule has 116 valence electrons. The maximum Gasteiger partial charge on any atom is 0.417 e. The first-order valence-corrected chi connectivity index (χ1v) is 6.63. The molecular formula is C14H12F3N3OS. The topological polar surface area (TPSA) is 49.6 Å². The van der Waals surface area contributed by atoms with Crippen molar-refractivity contribution >= 4 is 23.5 Å². The summed E-state index contributed by atoms with van der Waals surface area (Å²) in [6.07, 6.45) is -1.83. The fourth-order valence-electron chi connectivity index (χ4n) is 1.65. The van der Waals surface area contributed by atoms with Gasteiger partial charge in [-0.15, -0.1) is 0 Å². The van der Waals surface area contributed by atoms with Crippen LogP contribution < -0.4 is 10.7 Å². The summed E-state index contributed by atoms with van der Waals surface area (Å²) in [5.74, 6) is 0.676. The minimum absolute atomic E-state index is 0.0451. The molecular weight excluding hydrogens is 315 g/mol. The zero-order valence-electron chi connectivity index (χ0n) is 11.2. The highest BCUT2D eigenvalue weighted by Gasteiger charge is 2.32. The van der Waals surface area contributed by atoms with Crippen molar-refractivity contribution in [1.82, 2.24) is 10.7 Å². The third-order valence-electron chi connectivity index (χ3n) is 2.64. The van der Waals surface area contributed by atoms with E-state index >= 15 is 0 Å². The van der Waals surface area contributed by atoms with Crippen LogP contribution in [0.5, 0.6) is 0 Å². The molecule has 0 aliphatic carbocycles.